The molecule has 0 fully saturated rings. The number of unbranched alkanes of at least 4 members (excludes halogenated alkanes) is 2. The lowest BCUT2D eigenvalue weighted by Crippen LogP contribution is -1.88. The Morgan fingerprint density at radius 3 is 2.57 bits per heavy atom. The van der Waals surface area contributed by atoms with Gasteiger partial charge in [0.1, 0.15) is 0 Å². The Morgan fingerprint density at radius 2 is 1.93 bits per heavy atom. The molecule has 0 aliphatic carbocycles. The highest BCUT2D eigenvalue weighted by atomic mass is 16.5. The molecule has 0 heterocycles. The van der Waals surface area contributed by atoms with Crippen LogP contribution in [0.25, 0.3) is 0 Å². The molecule has 0 amide bonds. The molecular weight excluding hydrogens is 176 g/mol. The number of hydrogen-bond acceptors (Lipinski definition) is 2. The quantitative estimate of drug-likeness (QED) is 0.280. The van der Waals surface area contributed by atoms with E-state index in [1.54, 1.807) is 6.08 Å². The van der Waals surface area contributed by atoms with E-state index in [-0.39, 0.29) is 5.97 Å². The van der Waals surface area contributed by atoms with Crippen LogP contribution >= 0.6 is 0 Å². The summed E-state index contributed by atoms with van der Waals surface area (Å²) in [5, 5.41) is 0. The third-order valence-electron chi connectivity index (χ3n) is 1.51. The van der Waals surface area contributed by atoms with Gasteiger partial charge in [-0.05, 0) is 12.5 Å². The largest absolute Gasteiger partial charge is 0.435 e. The molecule has 2 nitrogen and oxygen atoms in total. The van der Waals surface area contributed by atoms with Crippen molar-refractivity contribution in [2.24, 2.45) is 0 Å². The Balaban J connectivity index is 3.47. The van der Waals surface area contributed by atoms with Gasteiger partial charge in [0.2, 0.25) is 0 Å². The lowest BCUT2D eigenvalue weighted by Gasteiger charge is -1.87. The van der Waals surface area contributed by atoms with Crippen molar-refractivity contribution in [1.29, 1.82) is 0 Å². The van der Waals surface area contributed by atoms with Crippen LogP contribution in [-0.2, 0) is 9.53 Å². The van der Waals surface area contributed by atoms with Crippen molar-refractivity contribution >= 4 is 5.97 Å². The van der Waals surface area contributed by atoms with Crippen LogP contribution in [0.3, 0.4) is 0 Å². The van der Waals surface area contributed by atoms with Gasteiger partial charge in [-0.25, -0.2) is 0 Å². The van der Waals surface area contributed by atoms with Crippen LogP contribution in [0.1, 0.15) is 33.1 Å². The minimum atomic E-state index is -0.298. The zero-order chi connectivity index (χ0) is 10.6. The maximum Gasteiger partial charge on any atom is 0.307 e. The Hall–Kier alpha value is -1.31. The maximum absolute atomic E-state index is 10.3. The zero-order valence-corrected chi connectivity index (χ0v) is 8.90. The summed E-state index contributed by atoms with van der Waals surface area (Å²) in [7, 11) is 0. The van der Waals surface area contributed by atoms with Gasteiger partial charge < -0.3 is 4.74 Å². The second kappa shape index (κ2) is 9.78. The number of ether oxygens (including phenoxy) is 1. The molecule has 0 N–H and O–H groups in total. The topological polar surface area (TPSA) is 26.3 Å². The SMILES string of the molecule is CCCCC=CC=CC=COC(C)=O. The fourth-order valence-electron chi connectivity index (χ4n) is 0.806. The monoisotopic (exact) mass is 194 g/mol. The average Bonchev–Trinajstić information content (AvgIpc) is 2.15. The Bertz CT molecular complexity index is 224. The van der Waals surface area contributed by atoms with E-state index in [1.807, 2.05) is 18.2 Å². The van der Waals surface area contributed by atoms with Crippen molar-refractivity contribution in [3.8, 4) is 0 Å². The highest BCUT2D eigenvalue weighted by molar-refractivity contribution is 5.66. The van der Waals surface area contributed by atoms with Crippen molar-refractivity contribution in [1.82, 2.24) is 0 Å². The minimum absolute atomic E-state index is 0.298. The highest BCUT2D eigenvalue weighted by Crippen LogP contribution is 1.94. The van der Waals surface area contributed by atoms with E-state index >= 15 is 0 Å². The molecule has 0 bridgehead atoms. The van der Waals surface area contributed by atoms with Crippen LogP contribution in [0, 0.1) is 0 Å². The van der Waals surface area contributed by atoms with Crippen molar-refractivity contribution < 1.29 is 9.53 Å². The predicted octanol–water partition coefficient (Wildman–Crippen LogP) is 3.37. The smallest absolute Gasteiger partial charge is 0.307 e. The standard InChI is InChI=1S/C12H18O2/c1-3-4-5-6-7-8-9-10-11-14-12(2)13/h6-11H,3-5H2,1-2H3. The van der Waals surface area contributed by atoms with E-state index in [9.17, 15) is 4.79 Å². The molecule has 2 heteroatoms. The van der Waals surface area contributed by atoms with Crippen molar-refractivity contribution in [3.05, 3.63) is 36.6 Å². The van der Waals surface area contributed by atoms with Crippen LogP contribution in [0.4, 0.5) is 0 Å². The molecule has 0 saturated carbocycles. The lowest BCUT2D eigenvalue weighted by molar-refractivity contribution is -0.135. The second-order valence-electron chi connectivity index (χ2n) is 2.89. The summed E-state index contributed by atoms with van der Waals surface area (Å²) in [5.41, 5.74) is 0. The number of hydrogen-bond donors (Lipinski definition) is 0. The van der Waals surface area contributed by atoms with Gasteiger partial charge in [0.25, 0.3) is 0 Å². The van der Waals surface area contributed by atoms with Gasteiger partial charge in [-0.3, -0.25) is 4.79 Å². The first kappa shape index (κ1) is 12.7. The molecule has 0 aliphatic rings. The third kappa shape index (κ3) is 10.7. The third-order valence-corrected chi connectivity index (χ3v) is 1.51. The Labute approximate surface area is 86.0 Å². The fraction of sp³-hybridized carbons (Fsp3) is 0.417. The summed E-state index contributed by atoms with van der Waals surface area (Å²) in [5.74, 6) is -0.298. The Morgan fingerprint density at radius 1 is 1.21 bits per heavy atom. The molecule has 0 aromatic heterocycles. The van der Waals surface area contributed by atoms with Gasteiger partial charge in [-0.15, -0.1) is 0 Å². The zero-order valence-electron chi connectivity index (χ0n) is 8.90. The van der Waals surface area contributed by atoms with E-state index in [1.165, 1.54) is 26.0 Å². The molecule has 78 valence electrons. The van der Waals surface area contributed by atoms with E-state index in [4.69, 9.17) is 0 Å². The number of rotatable bonds is 6. The maximum atomic E-state index is 10.3. The van der Waals surface area contributed by atoms with E-state index in [0.717, 1.165) is 6.42 Å². The van der Waals surface area contributed by atoms with Gasteiger partial charge in [0, 0.05) is 6.92 Å². The van der Waals surface area contributed by atoms with Crippen molar-refractivity contribution in [3.63, 3.8) is 0 Å². The van der Waals surface area contributed by atoms with E-state index in [2.05, 4.69) is 17.7 Å². The molecule has 0 aromatic carbocycles. The van der Waals surface area contributed by atoms with E-state index < -0.39 is 0 Å². The van der Waals surface area contributed by atoms with Gasteiger partial charge in [-0.2, -0.15) is 0 Å². The highest BCUT2D eigenvalue weighted by Gasteiger charge is 1.81. The summed E-state index contributed by atoms with van der Waals surface area (Å²) in [6, 6.07) is 0. The van der Waals surface area contributed by atoms with Crippen LogP contribution in [-0.4, -0.2) is 5.97 Å². The first-order valence-electron chi connectivity index (χ1n) is 4.93. The van der Waals surface area contributed by atoms with E-state index in [0.29, 0.717) is 0 Å². The number of carbonyl (C=O) groups is 1. The minimum Gasteiger partial charge on any atom is -0.435 e. The van der Waals surface area contributed by atoms with Crippen molar-refractivity contribution in [2.45, 2.75) is 33.1 Å². The molecule has 0 aromatic rings. The number of carbonyl (C=O) groups excluding carboxylic acids is 1. The molecule has 0 radical (unpaired) electrons. The molecule has 0 saturated heterocycles. The first-order chi connectivity index (χ1) is 6.77. The molecule has 14 heavy (non-hydrogen) atoms. The van der Waals surface area contributed by atoms with Gasteiger partial charge in [0.15, 0.2) is 0 Å². The summed E-state index contributed by atoms with van der Waals surface area (Å²) < 4.78 is 4.59. The summed E-state index contributed by atoms with van der Waals surface area (Å²) in [6.07, 6.45) is 14.5. The first-order valence-corrected chi connectivity index (χ1v) is 4.93. The normalized spacial score (nSPS) is 11.9. The molecule has 0 aliphatic heterocycles. The number of esters is 1. The predicted molar refractivity (Wildman–Crippen MR) is 58.7 cm³/mol. The van der Waals surface area contributed by atoms with Crippen LogP contribution in [0.5, 0.6) is 0 Å². The Kier molecular flexibility index (Phi) is 8.86. The molecule has 0 rings (SSSR count). The van der Waals surface area contributed by atoms with Crippen LogP contribution in [0.2, 0.25) is 0 Å². The van der Waals surface area contributed by atoms with Gasteiger partial charge in [0.05, 0.1) is 6.26 Å². The van der Waals surface area contributed by atoms with Gasteiger partial charge >= 0.3 is 5.97 Å². The average molecular weight is 194 g/mol. The van der Waals surface area contributed by atoms with Crippen molar-refractivity contribution in [2.75, 3.05) is 0 Å². The summed E-state index contributed by atoms with van der Waals surface area (Å²) in [4.78, 5) is 10.3. The molecule has 0 spiro atoms. The molecule has 0 atom stereocenters. The summed E-state index contributed by atoms with van der Waals surface area (Å²) in [6.45, 7) is 3.55. The van der Waals surface area contributed by atoms with Gasteiger partial charge in [-0.1, -0.05) is 44.1 Å². The molecule has 0 unspecified atom stereocenters. The fourth-order valence-corrected chi connectivity index (χ4v) is 0.806. The lowest BCUT2D eigenvalue weighted by atomic mass is 10.2. The number of allylic oxidation sites excluding steroid dienone is 5. The van der Waals surface area contributed by atoms with Crippen LogP contribution < -0.4 is 0 Å². The molecular formula is C12H18O2. The second-order valence-corrected chi connectivity index (χ2v) is 2.89. The van der Waals surface area contributed by atoms with Crippen LogP contribution in [0.15, 0.2) is 36.6 Å². The summed E-state index contributed by atoms with van der Waals surface area (Å²) >= 11 is 0.